The minimum absolute atomic E-state index is 0.401. The van der Waals surface area contributed by atoms with Crippen LogP contribution in [0.15, 0.2) is 12.3 Å². The smallest absolute Gasteiger partial charge is 0.0796 e. The summed E-state index contributed by atoms with van der Waals surface area (Å²) >= 11 is 0. The van der Waals surface area contributed by atoms with Crippen molar-refractivity contribution in [1.82, 2.24) is 15.1 Å². The van der Waals surface area contributed by atoms with Gasteiger partial charge >= 0.3 is 0 Å². The molecular formula is C13H25N3. The summed E-state index contributed by atoms with van der Waals surface area (Å²) in [4.78, 5) is 0. The van der Waals surface area contributed by atoms with Crippen LogP contribution in [0.4, 0.5) is 0 Å². The lowest BCUT2D eigenvalue weighted by molar-refractivity contribution is 0.332. The predicted octanol–water partition coefficient (Wildman–Crippen LogP) is 2.90. The van der Waals surface area contributed by atoms with Gasteiger partial charge in [0.1, 0.15) is 0 Å². The molecule has 0 spiro atoms. The van der Waals surface area contributed by atoms with Gasteiger partial charge in [-0.15, -0.1) is 0 Å². The topological polar surface area (TPSA) is 29.9 Å². The third-order valence-corrected chi connectivity index (χ3v) is 3.29. The van der Waals surface area contributed by atoms with Crippen molar-refractivity contribution in [3.63, 3.8) is 0 Å². The average Bonchev–Trinajstić information content (AvgIpc) is 2.70. The second kappa shape index (κ2) is 6.69. The zero-order valence-electron chi connectivity index (χ0n) is 11.0. The van der Waals surface area contributed by atoms with Crippen LogP contribution in [-0.2, 0) is 7.05 Å². The summed E-state index contributed by atoms with van der Waals surface area (Å²) in [6.07, 6.45) is 7.10. The van der Waals surface area contributed by atoms with Crippen LogP contribution in [0.2, 0.25) is 0 Å². The standard InChI is InChI=1S/C13H25N3/c1-5-7-8-11(6-2)13(14-3)12-9-10-16(4)15-12/h9-11,13-14H,5-8H2,1-4H3. The van der Waals surface area contributed by atoms with Gasteiger partial charge in [-0.1, -0.05) is 33.1 Å². The lowest BCUT2D eigenvalue weighted by Gasteiger charge is -2.24. The van der Waals surface area contributed by atoms with Gasteiger partial charge in [0.2, 0.25) is 0 Å². The third-order valence-electron chi connectivity index (χ3n) is 3.29. The van der Waals surface area contributed by atoms with Crippen LogP contribution >= 0.6 is 0 Å². The minimum atomic E-state index is 0.401. The van der Waals surface area contributed by atoms with E-state index in [0.29, 0.717) is 12.0 Å². The molecule has 0 bridgehead atoms. The van der Waals surface area contributed by atoms with Gasteiger partial charge in [0.25, 0.3) is 0 Å². The average molecular weight is 223 g/mol. The zero-order valence-corrected chi connectivity index (χ0v) is 11.0. The van der Waals surface area contributed by atoms with Crippen LogP contribution in [0.3, 0.4) is 0 Å². The van der Waals surface area contributed by atoms with E-state index in [2.05, 4.69) is 30.3 Å². The monoisotopic (exact) mass is 223 g/mol. The van der Waals surface area contributed by atoms with Crippen LogP contribution in [0, 0.1) is 5.92 Å². The summed E-state index contributed by atoms with van der Waals surface area (Å²) in [7, 11) is 4.01. The number of aromatic nitrogens is 2. The van der Waals surface area contributed by atoms with Crippen LogP contribution in [0.5, 0.6) is 0 Å². The molecule has 0 aliphatic carbocycles. The van der Waals surface area contributed by atoms with E-state index in [1.807, 2.05) is 25.0 Å². The van der Waals surface area contributed by atoms with Crippen molar-refractivity contribution in [3.05, 3.63) is 18.0 Å². The van der Waals surface area contributed by atoms with Crippen molar-refractivity contribution >= 4 is 0 Å². The number of nitrogens with one attached hydrogen (secondary N) is 1. The molecule has 0 aliphatic heterocycles. The van der Waals surface area contributed by atoms with Gasteiger partial charge < -0.3 is 5.32 Å². The number of hydrogen-bond donors (Lipinski definition) is 1. The Kier molecular flexibility index (Phi) is 5.53. The molecule has 2 atom stereocenters. The van der Waals surface area contributed by atoms with Crippen LogP contribution in [-0.4, -0.2) is 16.8 Å². The molecule has 0 fully saturated rings. The third kappa shape index (κ3) is 3.34. The maximum absolute atomic E-state index is 4.51. The van der Waals surface area contributed by atoms with Crippen molar-refractivity contribution in [1.29, 1.82) is 0 Å². The van der Waals surface area contributed by atoms with Crippen molar-refractivity contribution in [2.75, 3.05) is 7.05 Å². The summed E-state index contributed by atoms with van der Waals surface area (Å²) in [5, 5.41) is 7.93. The minimum Gasteiger partial charge on any atom is -0.311 e. The Labute approximate surface area is 99.2 Å². The van der Waals surface area contributed by atoms with E-state index in [0.717, 1.165) is 0 Å². The normalized spacial score (nSPS) is 15.0. The first-order chi connectivity index (χ1) is 7.72. The van der Waals surface area contributed by atoms with E-state index < -0.39 is 0 Å². The molecule has 0 radical (unpaired) electrons. The molecule has 92 valence electrons. The summed E-state index contributed by atoms with van der Waals surface area (Å²) in [5.74, 6) is 0.694. The predicted molar refractivity (Wildman–Crippen MR) is 68.3 cm³/mol. The van der Waals surface area contributed by atoms with E-state index in [1.54, 1.807) is 0 Å². The van der Waals surface area contributed by atoms with Gasteiger partial charge in [-0.05, 0) is 25.5 Å². The Morgan fingerprint density at radius 2 is 2.19 bits per heavy atom. The molecule has 1 aromatic heterocycles. The van der Waals surface area contributed by atoms with E-state index in [-0.39, 0.29) is 0 Å². The maximum Gasteiger partial charge on any atom is 0.0796 e. The highest BCUT2D eigenvalue weighted by Crippen LogP contribution is 2.27. The Balaban J connectivity index is 2.70. The van der Waals surface area contributed by atoms with Gasteiger partial charge in [0, 0.05) is 13.2 Å². The van der Waals surface area contributed by atoms with E-state index >= 15 is 0 Å². The van der Waals surface area contributed by atoms with Crippen LogP contribution < -0.4 is 5.32 Å². The Morgan fingerprint density at radius 1 is 1.44 bits per heavy atom. The molecule has 2 unspecified atom stereocenters. The molecule has 3 heteroatoms. The molecule has 1 N–H and O–H groups in total. The van der Waals surface area contributed by atoms with Gasteiger partial charge in [-0.3, -0.25) is 4.68 Å². The zero-order chi connectivity index (χ0) is 12.0. The van der Waals surface area contributed by atoms with Gasteiger partial charge in [-0.2, -0.15) is 5.10 Å². The number of rotatable bonds is 7. The fourth-order valence-corrected chi connectivity index (χ4v) is 2.30. The molecule has 1 aromatic rings. The Morgan fingerprint density at radius 3 is 2.62 bits per heavy atom. The lowest BCUT2D eigenvalue weighted by Crippen LogP contribution is -2.25. The SMILES string of the molecule is CCCCC(CC)C(NC)c1ccn(C)n1. The molecule has 0 aromatic carbocycles. The molecular weight excluding hydrogens is 198 g/mol. The number of aryl methyl sites for hydroxylation is 1. The van der Waals surface area contributed by atoms with Gasteiger partial charge in [0.15, 0.2) is 0 Å². The molecule has 1 heterocycles. The van der Waals surface area contributed by atoms with Crippen molar-refractivity contribution in [2.24, 2.45) is 13.0 Å². The quantitative estimate of drug-likeness (QED) is 0.770. The lowest BCUT2D eigenvalue weighted by atomic mass is 9.89. The Bertz CT molecular complexity index is 293. The highest BCUT2D eigenvalue weighted by molar-refractivity contribution is 5.06. The molecule has 0 saturated carbocycles. The first-order valence-corrected chi connectivity index (χ1v) is 6.39. The molecule has 0 amide bonds. The molecule has 0 aliphatic rings. The van der Waals surface area contributed by atoms with E-state index in [1.165, 1.54) is 31.4 Å². The second-order valence-electron chi connectivity index (χ2n) is 4.49. The van der Waals surface area contributed by atoms with Crippen molar-refractivity contribution in [3.8, 4) is 0 Å². The van der Waals surface area contributed by atoms with Gasteiger partial charge in [0.05, 0.1) is 11.7 Å². The van der Waals surface area contributed by atoms with E-state index in [4.69, 9.17) is 0 Å². The molecule has 0 saturated heterocycles. The van der Waals surface area contributed by atoms with Gasteiger partial charge in [-0.25, -0.2) is 0 Å². The number of unbranched alkanes of at least 4 members (excludes halogenated alkanes) is 1. The van der Waals surface area contributed by atoms with Crippen LogP contribution in [0.25, 0.3) is 0 Å². The first-order valence-electron chi connectivity index (χ1n) is 6.39. The first kappa shape index (κ1) is 13.2. The Hall–Kier alpha value is -0.830. The van der Waals surface area contributed by atoms with Crippen molar-refractivity contribution in [2.45, 2.75) is 45.6 Å². The second-order valence-corrected chi connectivity index (χ2v) is 4.49. The van der Waals surface area contributed by atoms with Crippen molar-refractivity contribution < 1.29 is 0 Å². The largest absolute Gasteiger partial charge is 0.311 e. The molecule has 16 heavy (non-hydrogen) atoms. The molecule has 3 nitrogen and oxygen atoms in total. The fourth-order valence-electron chi connectivity index (χ4n) is 2.30. The number of hydrogen-bond acceptors (Lipinski definition) is 2. The summed E-state index contributed by atoms with van der Waals surface area (Å²) < 4.78 is 1.88. The highest BCUT2D eigenvalue weighted by atomic mass is 15.3. The van der Waals surface area contributed by atoms with E-state index in [9.17, 15) is 0 Å². The van der Waals surface area contributed by atoms with Crippen LogP contribution in [0.1, 0.15) is 51.3 Å². The number of nitrogens with zero attached hydrogens (tertiary/aromatic N) is 2. The summed E-state index contributed by atoms with van der Waals surface area (Å²) in [6.45, 7) is 4.52. The molecule has 1 rings (SSSR count). The fraction of sp³-hybridized carbons (Fsp3) is 0.769. The summed E-state index contributed by atoms with van der Waals surface area (Å²) in [6, 6.07) is 2.52. The highest BCUT2D eigenvalue weighted by Gasteiger charge is 2.21. The maximum atomic E-state index is 4.51. The summed E-state index contributed by atoms with van der Waals surface area (Å²) in [5.41, 5.74) is 1.17.